The standard InChI is InChI=1S/C12H9ClO4S2/c1-8-2-4-9(5-3-8)19(15,16)17-12(14)10-6-7-11(13)18-10/h2-7H,1H3. The monoisotopic (exact) mass is 316 g/mol. The zero-order valence-electron chi connectivity index (χ0n) is 9.79. The molecule has 1 aromatic heterocycles. The maximum Gasteiger partial charge on any atom is 0.364 e. The number of carbonyl (C=O) groups excluding carboxylic acids is 1. The molecule has 0 fully saturated rings. The van der Waals surface area contributed by atoms with Crippen LogP contribution in [0.3, 0.4) is 0 Å². The number of hydrogen-bond donors (Lipinski definition) is 0. The minimum atomic E-state index is -4.10. The van der Waals surface area contributed by atoms with E-state index < -0.39 is 16.1 Å². The first kappa shape index (κ1) is 14.0. The lowest BCUT2D eigenvalue weighted by Crippen LogP contribution is -2.12. The van der Waals surface area contributed by atoms with Crippen LogP contribution in [-0.4, -0.2) is 14.4 Å². The molecule has 0 aliphatic carbocycles. The molecule has 2 aromatic rings. The van der Waals surface area contributed by atoms with E-state index in [2.05, 4.69) is 4.18 Å². The molecule has 100 valence electrons. The van der Waals surface area contributed by atoms with Gasteiger partial charge in [0.15, 0.2) is 0 Å². The third kappa shape index (κ3) is 3.34. The van der Waals surface area contributed by atoms with Crippen LogP contribution in [-0.2, 0) is 14.3 Å². The lowest BCUT2D eigenvalue weighted by Gasteiger charge is -2.04. The molecular weight excluding hydrogens is 308 g/mol. The van der Waals surface area contributed by atoms with E-state index in [0.29, 0.717) is 4.34 Å². The van der Waals surface area contributed by atoms with Gasteiger partial charge in [-0.15, -0.1) is 11.3 Å². The van der Waals surface area contributed by atoms with Crippen LogP contribution in [0, 0.1) is 6.92 Å². The summed E-state index contributed by atoms with van der Waals surface area (Å²) in [5.74, 6) is -0.933. The van der Waals surface area contributed by atoms with Gasteiger partial charge in [0.2, 0.25) is 0 Å². The van der Waals surface area contributed by atoms with Crippen LogP contribution in [0.2, 0.25) is 4.34 Å². The van der Waals surface area contributed by atoms with E-state index in [1.165, 1.54) is 24.3 Å². The molecule has 0 saturated heterocycles. The van der Waals surface area contributed by atoms with E-state index in [-0.39, 0.29) is 9.77 Å². The average Bonchev–Trinajstić information content (AvgIpc) is 2.76. The van der Waals surface area contributed by atoms with Gasteiger partial charge in [-0.1, -0.05) is 29.3 Å². The van der Waals surface area contributed by atoms with Crippen LogP contribution in [0.15, 0.2) is 41.3 Å². The number of carbonyl (C=O) groups is 1. The fourth-order valence-electron chi connectivity index (χ4n) is 1.32. The summed E-state index contributed by atoms with van der Waals surface area (Å²) in [4.78, 5) is 11.7. The summed E-state index contributed by atoms with van der Waals surface area (Å²) in [5, 5.41) is 0. The topological polar surface area (TPSA) is 60.4 Å². The fraction of sp³-hybridized carbons (Fsp3) is 0.0833. The Morgan fingerprint density at radius 2 is 1.79 bits per heavy atom. The second kappa shape index (κ2) is 5.32. The van der Waals surface area contributed by atoms with Crippen LogP contribution < -0.4 is 0 Å². The fourth-order valence-corrected chi connectivity index (χ4v) is 3.14. The van der Waals surface area contributed by atoms with Crippen molar-refractivity contribution in [2.45, 2.75) is 11.8 Å². The van der Waals surface area contributed by atoms with Crippen molar-refractivity contribution >= 4 is 39.0 Å². The Hall–Kier alpha value is -1.37. The Bertz CT molecular complexity index is 702. The van der Waals surface area contributed by atoms with E-state index >= 15 is 0 Å². The molecule has 0 radical (unpaired) electrons. The number of benzene rings is 1. The van der Waals surface area contributed by atoms with Crippen molar-refractivity contribution < 1.29 is 17.4 Å². The molecule has 1 heterocycles. The minimum Gasteiger partial charge on any atom is -0.337 e. The van der Waals surface area contributed by atoms with E-state index in [9.17, 15) is 13.2 Å². The number of thiophene rings is 1. The highest BCUT2D eigenvalue weighted by Gasteiger charge is 2.22. The average molecular weight is 317 g/mol. The van der Waals surface area contributed by atoms with E-state index in [4.69, 9.17) is 11.6 Å². The van der Waals surface area contributed by atoms with Gasteiger partial charge in [-0.05, 0) is 31.2 Å². The van der Waals surface area contributed by atoms with Gasteiger partial charge in [-0.3, -0.25) is 0 Å². The van der Waals surface area contributed by atoms with Crippen molar-refractivity contribution in [3.63, 3.8) is 0 Å². The molecule has 0 atom stereocenters. The summed E-state index contributed by atoms with van der Waals surface area (Å²) in [6, 6.07) is 8.95. The zero-order chi connectivity index (χ0) is 14.0. The molecule has 0 N–H and O–H groups in total. The molecule has 0 amide bonds. The first-order valence-corrected chi connectivity index (χ1v) is 7.79. The largest absolute Gasteiger partial charge is 0.364 e. The lowest BCUT2D eigenvalue weighted by atomic mass is 10.2. The van der Waals surface area contributed by atoms with Crippen LogP contribution in [0.1, 0.15) is 15.2 Å². The SMILES string of the molecule is Cc1ccc(S(=O)(=O)OC(=O)c2ccc(Cl)s2)cc1. The van der Waals surface area contributed by atoms with E-state index in [0.717, 1.165) is 16.9 Å². The third-order valence-electron chi connectivity index (χ3n) is 2.27. The van der Waals surface area contributed by atoms with E-state index in [1.54, 1.807) is 12.1 Å². The van der Waals surface area contributed by atoms with Crippen LogP contribution in [0.5, 0.6) is 0 Å². The van der Waals surface area contributed by atoms with Gasteiger partial charge >= 0.3 is 16.1 Å². The highest BCUT2D eigenvalue weighted by Crippen LogP contribution is 2.23. The Morgan fingerprint density at radius 3 is 2.32 bits per heavy atom. The molecule has 1 aromatic carbocycles. The summed E-state index contributed by atoms with van der Waals surface area (Å²) in [7, 11) is -4.10. The molecule has 19 heavy (non-hydrogen) atoms. The van der Waals surface area contributed by atoms with Gasteiger partial charge in [0.25, 0.3) is 0 Å². The van der Waals surface area contributed by atoms with Gasteiger partial charge in [0, 0.05) is 0 Å². The Labute approximate surface area is 119 Å². The molecule has 7 heteroatoms. The second-order valence-electron chi connectivity index (χ2n) is 3.74. The summed E-state index contributed by atoms with van der Waals surface area (Å²) < 4.78 is 28.7. The summed E-state index contributed by atoms with van der Waals surface area (Å²) in [5.41, 5.74) is 0.912. The van der Waals surface area contributed by atoms with Crippen LogP contribution in [0.4, 0.5) is 0 Å². The predicted octanol–water partition coefficient (Wildman–Crippen LogP) is 3.26. The normalized spacial score (nSPS) is 11.3. The third-order valence-corrected chi connectivity index (χ3v) is 4.70. The van der Waals surface area contributed by atoms with Gasteiger partial charge in [-0.2, -0.15) is 8.42 Å². The molecular formula is C12H9ClO4S2. The van der Waals surface area contributed by atoms with Crippen LogP contribution >= 0.6 is 22.9 Å². The Morgan fingerprint density at radius 1 is 1.16 bits per heavy atom. The summed E-state index contributed by atoms with van der Waals surface area (Å²) >= 11 is 6.63. The number of aryl methyl sites for hydroxylation is 1. The molecule has 4 nitrogen and oxygen atoms in total. The van der Waals surface area contributed by atoms with Crippen molar-refractivity contribution in [3.05, 3.63) is 51.2 Å². The minimum absolute atomic E-state index is 0.0610. The molecule has 0 spiro atoms. The van der Waals surface area contributed by atoms with Gasteiger partial charge in [-0.25, -0.2) is 4.79 Å². The molecule has 0 aliphatic heterocycles. The van der Waals surface area contributed by atoms with E-state index in [1.807, 2.05) is 6.92 Å². The lowest BCUT2D eigenvalue weighted by molar-refractivity contribution is 0.0752. The molecule has 0 aliphatic rings. The highest BCUT2D eigenvalue weighted by atomic mass is 35.5. The van der Waals surface area contributed by atoms with Crippen molar-refractivity contribution in [3.8, 4) is 0 Å². The number of hydrogen-bond acceptors (Lipinski definition) is 5. The Balaban J connectivity index is 2.22. The molecule has 2 rings (SSSR count). The summed E-state index contributed by atoms with van der Waals surface area (Å²) in [6.07, 6.45) is 0. The first-order chi connectivity index (χ1) is 8.88. The maximum absolute atomic E-state index is 11.9. The maximum atomic E-state index is 11.9. The van der Waals surface area contributed by atoms with Crippen molar-refractivity contribution in [2.75, 3.05) is 0 Å². The van der Waals surface area contributed by atoms with Crippen molar-refractivity contribution in [1.29, 1.82) is 0 Å². The number of halogens is 1. The van der Waals surface area contributed by atoms with Crippen molar-refractivity contribution in [2.24, 2.45) is 0 Å². The predicted molar refractivity (Wildman–Crippen MR) is 73.1 cm³/mol. The summed E-state index contributed by atoms with van der Waals surface area (Å²) in [6.45, 7) is 1.83. The smallest absolute Gasteiger partial charge is 0.337 e. The molecule has 0 saturated carbocycles. The first-order valence-electron chi connectivity index (χ1n) is 5.19. The molecule has 0 unspecified atom stereocenters. The number of rotatable bonds is 3. The van der Waals surface area contributed by atoms with Crippen LogP contribution in [0.25, 0.3) is 0 Å². The quantitative estimate of drug-likeness (QED) is 0.815. The van der Waals surface area contributed by atoms with Gasteiger partial charge in [0.05, 0.1) is 4.34 Å². The van der Waals surface area contributed by atoms with Gasteiger partial charge < -0.3 is 4.18 Å². The van der Waals surface area contributed by atoms with Gasteiger partial charge in [0.1, 0.15) is 9.77 Å². The highest BCUT2D eigenvalue weighted by molar-refractivity contribution is 7.87. The second-order valence-corrected chi connectivity index (χ2v) is 7.00. The zero-order valence-corrected chi connectivity index (χ0v) is 12.2. The molecule has 0 bridgehead atoms. The van der Waals surface area contributed by atoms with Crippen molar-refractivity contribution in [1.82, 2.24) is 0 Å². The Kier molecular flexibility index (Phi) is 3.93.